The van der Waals surface area contributed by atoms with Crippen LogP contribution in [-0.4, -0.2) is 35.1 Å². The number of hydrogen-bond acceptors (Lipinski definition) is 2. The van der Waals surface area contributed by atoms with E-state index in [9.17, 15) is 22.8 Å². The number of hydrogen-bond donors (Lipinski definition) is 1. The van der Waals surface area contributed by atoms with Crippen molar-refractivity contribution in [3.8, 4) is 0 Å². The van der Waals surface area contributed by atoms with Crippen LogP contribution < -0.4 is 5.56 Å². The molecular formula is C17H17F3N2O2. The third-order valence-electron chi connectivity index (χ3n) is 4.34. The molecule has 0 atom stereocenters. The predicted octanol–water partition coefficient (Wildman–Crippen LogP) is 3.33. The van der Waals surface area contributed by atoms with Crippen LogP contribution in [0, 0.1) is 5.92 Å². The van der Waals surface area contributed by atoms with E-state index in [-0.39, 0.29) is 18.2 Å². The Kier molecular flexibility index (Phi) is 4.34. The molecule has 7 heteroatoms. The van der Waals surface area contributed by atoms with E-state index in [2.05, 4.69) is 4.98 Å². The van der Waals surface area contributed by atoms with Crippen molar-refractivity contribution in [2.75, 3.05) is 13.1 Å². The van der Waals surface area contributed by atoms with Gasteiger partial charge in [-0.25, -0.2) is 0 Å². The molecule has 4 nitrogen and oxygen atoms in total. The number of nitrogens with zero attached hydrogens (tertiary/aromatic N) is 1. The topological polar surface area (TPSA) is 53.2 Å². The van der Waals surface area contributed by atoms with Crippen LogP contribution in [0.5, 0.6) is 0 Å². The molecule has 0 aliphatic heterocycles. The van der Waals surface area contributed by atoms with Gasteiger partial charge in [-0.2, -0.15) is 13.2 Å². The number of aromatic amines is 1. The normalized spacial score (nSPS) is 15.3. The van der Waals surface area contributed by atoms with Gasteiger partial charge in [0.1, 0.15) is 12.2 Å². The second kappa shape index (κ2) is 6.30. The van der Waals surface area contributed by atoms with Crippen molar-refractivity contribution in [1.29, 1.82) is 0 Å². The van der Waals surface area contributed by atoms with E-state index in [0.29, 0.717) is 10.8 Å². The molecule has 1 heterocycles. The fraction of sp³-hybridized carbons (Fsp3) is 0.412. The van der Waals surface area contributed by atoms with Crippen LogP contribution in [0.15, 0.2) is 35.1 Å². The first-order valence-corrected chi connectivity index (χ1v) is 7.81. The lowest BCUT2D eigenvalue weighted by Crippen LogP contribution is -2.43. The van der Waals surface area contributed by atoms with Crippen LogP contribution in [0.4, 0.5) is 13.2 Å². The highest BCUT2D eigenvalue weighted by molar-refractivity contribution is 5.96. The van der Waals surface area contributed by atoms with Crippen LogP contribution in [-0.2, 0) is 0 Å². The molecule has 1 aromatic carbocycles. The Morgan fingerprint density at radius 2 is 1.96 bits per heavy atom. The number of alkyl halides is 3. The first-order valence-electron chi connectivity index (χ1n) is 7.81. The molecule has 2 aromatic rings. The van der Waals surface area contributed by atoms with Gasteiger partial charge in [-0.1, -0.05) is 24.6 Å². The molecule has 0 unspecified atom stereocenters. The summed E-state index contributed by atoms with van der Waals surface area (Å²) in [5, 5.41) is 0.926. The zero-order chi connectivity index (χ0) is 17.3. The molecule has 1 amide bonds. The second-order valence-electron chi connectivity index (χ2n) is 6.20. The maximum Gasteiger partial charge on any atom is 0.406 e. The fourth-order valence-corrected chi connectivity index (χ4v) is 2.92. The minimum Gasteiger partial charge on any atom is -0.328 e. The van der Waals surface area contributed by atoms with Crippen molar-refractivity contribution in [2.45, 2.75) is 25.4 Å². The van der Waals surface area contributed by atoms with Crippen LogP contribution in [0.25, 0.3) is 10.8 Å². The smallest absolute Gasteiger partial charge is 0.328 e. The van der Waals surface area contributed by atoms with Gasteiger partial charge in [0, 0.05) is 11.9 Å². The first-order chi connectivity index (χ1) is 11.3. The molecule has 0 saturated heterocycles. The third-order valence-corrected chi connectivity index (χ3v) is 4.34. The first kappa shape index (κ1) is 16.5. The van der Waals surface area contributed by atoms with Gasteiger partial charge >= 0.3 is 6.18 Å². The Labute approximate surface area is 136 Å². The van der Waals surface area contributed by atoms with Gasteiger partial charge in [-0.15, -0.1) is 0 Å². The second-order valence-corrected chi connectivity index (χ2v) is 6.20. The summed E-state index contributed by atoms with van der Waals surface area (Å²) < 4.78 is 38.5. The number of aromatic nitrogens is 1. The molecule has 1 aliphatic carbocycles. The Balaban J connectivity index is 1.92. The zero-order valence-electron chi connectivity index (χ0n) is 12.9. The Morgan fingerprint density at radius 3 is 2.58 bits per heavy atom. The monoisotopic (exact) mass is 338 g/mol. The summed E-state index contributed by atoms with van der Waals surface area (Å²) >= 11 is 0. The lowest BCUT2D eigenvalue weighted by molar-refractivity contribution is -0.142. The largest absolute Gasteiger partial charge is 0.406 e. The Bertz CT molecular complexity index is 809. The van der Waals surface area contributed by atoms with E-state index in [1.54, 1.807) is 24.3 Å². The molecule has 24 heavy (non-hydrogen) atoms. The van der Waals surface area contributed by atoms with Crippen molar-refractivity contribution in [3.63, 3.8) is 0 Å². The minimum atomic E-state index is -4.48. The van der Waals surface area contributed by atoms with Gasteiger partial charge in [-0.3, -0.25) is 9.59 Å². The summed E-state index contributed by atoms with van der Waals surface area (Å²) in [6.45, 7) is -1.25. The summed E-state index contributed by atoms with van der Waals surface area (Å²) in [6.07, 6.45) is -1.84. The summed E-state index contributed by atoms with van der Waals surface area (Å²) in [7, 11) is 0. The molecule has 1 saturated carbocycles. The number of amides is 1. The van der Waals surface area contributed by atoms with E-state index >= 15 is 0 Å². The van der Waals surface area contributed by atoms with E-state index in [0.717, 1.165) is 24.2 Å². The van der Waals surface area contributed by atoms with Crippen LogP contribution in [0.2, 0.25) is 0 Å². The standard InChI is InChI=1S/C17H17F3N2O2/c18-17(19,20)10-22(9-11-4-3-5-11)16(24)14-8-12-6-1-2-7-13(12)15(23)21-14/h1-2,6-8,11H,3-5,9-10H2,(H,21,23). The number of pyridine rings is 1. The summed E-state index contributed by atoms with van der Waals surface area (Å²) in [4.78, 5) is 27.8. The number of H-pyrrole nitrogens is 1. The molecule has 0 spiro atoms. The highest BCUT2D eigenvalue weighted by Gasteiger charge is 2.35. The number of fused-ring (bicyclic) bond motifs is 1. The van der Waals surface area contributed by atoms with Gasteiger partial charge in [0.2, 0.25) is 0 Å². The molecular weight excluding hydrogens is 321 g/mol. The molecule has 1 aliphatic rings. The Hall–Kier alpha value is -2.31. The molecule has 3 rings (SSSR count). The molecule has 1 aromatic heterocycles. The predicted molar refractivity (Wildman–Crippen MR) is 83.9 cm³/mol. The van der Waals surface area contributed by atoms with Crippen molar-refractivity contribution >= 4 is 16.7 Å². The van der Waals surface area contributed by atoms with Gasteiger partial charge in [0.25, 0.3) is 11.5 Å². The van der Waals surface area contributed by atoms with Crippen molar-refractivity contribution in [3.05, 3.63) is 46.4 Å². The third kappa shape index (κ3) is 3.60. The highest BCUT2D eigenvalue weighted by atomic mass is 19.4. The number of carbonyl (C=O) groups is 1. The van der Waals surface area contributed by atoms with Gasteiger partial charge in [0.15, 0.2) is 0 Å². The average Bonchev–Trinajstić information content (AvgIpc) is 2.47. The molecule has 0 bridgehead atoms. The molecule has 1 fully saturated rings. The lowest BCUT2D eigenvalue weighted by atomic mass is 9.85. The van der Waals surface area contributed by atoms with Crippen LogP contribution >= 0.6 is 0 Å². The summed E-state index contributed by atoms with van der Waals surface area (Å²) in [5.74, 6) is -0.689. The van der Waals surface area contributed by atoms with Crippen molar-refractivity contribution < 1.29 is 18.0 Å². The van der Waals surface area contributed by atoms with E-state index in [1.807, 2.05) is 0 Å². The quantitative estimate of drug-likeness (QED) is 0.930. The number of rotatable bonds is 4. The maximum absolute atomic E-state index is 12.8. The lowest BCUT2D eigenvalue weighted by Gasteiger charge is -2.32. The Morgan fingerprint density at radius 1 is 1.25 bits per heavy atom. The number of nitrogens with one attached hydrogen (secondary N) is 1. The summed E-state index contributed by atoms with van der Waals surface area (Å²) in [5.41, 5.74) is -0.589. The maximum atomic E-state index is 12.8. The van der Waals surface area contributed by atoms with Crippen LogP contribution in [0.3, 0.4) is 0 Å². The van der Waals surface area contributed by atoms with E-state index < -0.39 is 24.2 Å². The summed E-state index contributed by atoms with van der Waals surface area (Å²) in [6, 6.07) is 8.08. The van der Waals surface area contributed by atoms with Crippen molar-refractivity contribution in [2.24, 2.45) is 5.92 Å². The SMILES string of the molecule is O=C(c1cc2ccccc2c(=O)[nH]1)N(CC1CCC1)CC(F)(F)F. The van der Waals surface area contributed by atoms with Gasteiger partial charge in [-0.05, 0) is 36.3 Å². The van der Waals surface area contributed by atoms with Crippen LogP contribution in [0.1, 0.15) is 29.8 Å². The molecule has 1 N–H and O–H groups in total. The van der Waals surface area contributed by atoms with Gasteiger partial charge < -0.3 is 9.88 Å². The van der Waals surface area contributed by atoms with Gasteiger partial charge in [0.05, 0.1) is 0 Å². The minimum absolute atomic E-state index is 0.0627. The highest BCUT2D eigenvalue weighted by Crippen LogP contribution is 2.29. The fourth-order valence-electron chi connectivity index (χ4n) is 2.92. The van der Waals surface area contributed by atoms with E-state index in [4.69, 9.17) is 0 Å². The number of carbonyl (C=O) groups excluding carboxylic acids is 1. The molecule has 0 radical (unpaired) electrons. The van der Waals surface area contributed by atoms with E-state index in [1.165, 1.54) is 6.07 Å². The van der Waals surface area contributed by atoms with Crippen molar-refractivity contribution in [1.82, 2.24) is 9.88 Å². The zero-order valence-corrected chi connectivity index (χ0v) is 12.9. The average molecular weight is 338 g/mol. The number of halogens is 3. The molecule has 128 valence electrons. The number of benzene rings is 1.